The molecule has 5 nitrogen and oxygen atoms in total. The molecule has 8 heteroatoms. The van der Waals surface area contributed by atoms with Gasteiger partial charge in [-0.15, -0.1) is 11.8 Å². The monoisotopic (exact) mass is 307 g/mol. The van der Waals surface area contributed by atoms with E-state index in [0.717, 1.165) is 30.0 Å². The van der Waals surface area contributed by atoms with Crippen molar-refractivity contribution < 1.29 is 8.78 Å². The fraction of sp³-hybridized carbons (Fsp3) is 0.154. The summed E-state index contributed by atoms with van der Waals surface area (Å²) < 4.78 is 28.3. The highest BCUT2D eigenvalue weighted by molar-refractivity contribution is 7.98. The van der Waals surface area contributed by atoms with Crippen molar-refractivity contribution in [2.75, 3.05) is 5.73 Å². The Bertz CT molecular complexity index is 818. The summed E-state index contributed by atoms with van der Waals surface area (Å²) >= 11 is 1.11. The summed E-state index contributed by atoms with van der Waals surface area (Å²) in [6, 6.07) is 3.32. The van der Waals surface area contributed by atoms with Crippen LogP contribution in [0.15, 0.2) is 29.3 Å². The molecule has 0 radical (unpaired) electrons. The first-order valence-corrected chi connectivity index (χ1v) is 7.05. The normalized spacial score (nSPS) is 11.2. The second-order valence-electron chi connectivity index (χ2n) is 4.39. The standard InChI is InChI=1S/C13H11F2N5S/c1-20-13-8(5-17-20)12(16)18-11(19-13)6-21-10-4-7(14)2-3-9(10)15/h2-5H,6H2,1H3,(H2,16,18,19). The molecule has 2 N–H and O–H groups in total. The van der Waals surface area contributed by atoms with Gasteiger partial charge in [0.25, 0.3) is 0 Å². The molecule has 3 aromatic rings. The lowest BCUT2D eigenvalue weighted by Gasteiger charge is -2.04. The molecule has 1 aromatic carbocycles. The number of fused-ring (bicyclic) bond motifs is 1. The molecular formula is C13H11F2N5S. The number of halogens is 2. The molecule has 0 fully saturated rings. The minimum Gasteiger partial charge on any atom is -0.383 e. The van der Waals surface area contributed by atoms with Gasteiger partial charge in [-0.05, 0) is 18.2 Å². The number of rotatable bonds is 3. The zero-order chi connectivity index (χ0) is 15.0. The Morgan fingerprint density at radius 1 is 1.29 bits per heavy atom. The minimum absolute atomic E-state index is 0.210. The SMILES string of the molecule is Cn1ncc2c(N)nc(CSc3cc(F)ccc3F)nc21. The third-order valence-electron chi connectivity index (χ3n) is 2.92. The number of hydrogen-bond donors (Lipinski definition) is 1. The van der Waals surface area contributed by atoms with Crippen LogP contribution in [0.4, 0.5) is 14.6 Å². The van der Waals surface area contributed by atoms with Gasteiger partial charge in [0.1, 0.15) is 23.3 Å². The number of benzene rings is 1. The summed E-state index contributed by atoms with van der Waals surface area (Å²) in [6.45, 7) is 0. The molecule has 0 atom stereocenters. The lowest BCUT2D eigenvalue weighted by molar-refractivity contribution is 0.577. The molecule has 0 bridgehead atoms. The van der Waals surface area contributed by atoms with Gasteiger partial charge >= 0.3 is 0 Å². The van der Waals surface area contributed by atoms with Crippen molar-refractivity contribution in [3.8, 4) is 0 Å². The summed E-state index contributed by atoms with van der Waals surface area (Å²) in [7, 11) is 1.75. The van der Waals surface area contributed by atoms with Crippen LogP contribution in [-0.2, 0) is 12.8 Å². The van der Waals surface area contributed by atoms with E-state index in [9.17, 15) is 8.78 Å². The van der Waals surface area contributed by atoms with E-state index in [-0.39, 0.29) is 10.6 Å². The van der Waals surface area contributed by atoms with Crippen molar-refractivity contribution in [1.29, 1.82) is 0 Å². The molecule has 0 saturated carbocycles. The molecule has 0 spiro atoms. The Labute approximate surface area is 123 Å². The Morgan fingerprint density at radius 3 is 2.90 bits per heavy atom. The zero-order valence-electron chi connectivity index (χ0n) is 11.0. The van der Waals surface area contributed by atoms with Gasteiger partial charge in [0.05, 0.1) is 17.3 Å². The fourth-order valence-corrected chi connectivity index (χ4v) is 2.70. The second-order valence-corrected chi connectivity index (χ2v) is 5.41. The minimum atomic E-state index is -0.485. The van der Waals surface area contributed by atoms with Crippen molar-refractivity contribution in [3.05, 3.63) is 41.9 Å². The Hall–Kier alpha value is -2.22. The van der Waals surface area contributed by atoms with E-state index in [2.05, 4.69) is 15.1 Å². The van der Waals surface area contributed by atoms with Gasteiger partial charge in [0, 0.05) is 11.9 Å². The van der Waals surface area contributed by atoms with Crippen LogP contribution < -0.4 is 5.73 Å². The van der Waals surface area contributed by atoms with Gasteiger partial charge in [0.2, 0.25) is 0 Å². The number of nitrogen functional groups attached to an aromatic ring is 1. The number of aryl methyl sites for hydroxylation is 1. The van der Waals surface area contributed by atoms with Crippen LogP contribution in [0.1, 0.15) is 5.82 Å². The third kappa shape index (κ3) is 2.66. The zero-order valence-corrected chi connectivity index (χ0v) is 11.9. The van der Waals surface area contributed by atoms with Crippen LogP contribution in [0.2, 0.25) is 0 Å². The molecule has 0 saturated heterocycles. The molecule has 0 aliphatic carbocycles. The number of hydrogen-bond acceptors (Lipinski definition) is 5. The Balaban J connectivity index is 1.88. The second kappa shape index (κ2) is 5.28. The highest BCUT2D eigenvalue weighted by Gasteiger charge is 2.11. The van der Waals surface area contributed by atoms with E-state index in [1.165, 1.54) is 0 Å². The number of nitrogens with two attached hydrogens (primary N) is 1. The molecule has 2 heterocycles. The van der Waals surface area contributed by atoms with Crippen LogP contribution in [0, 0.1) is 11.6 Å². The van der Waals surface area contributed by atoms with Gasteiger partial charge in [-0.3, -0.25) is 4.68 Å². The van der Waals surface area contributed by atoms with Crippen molar-refractivity contribution in [1.82, 2.24) is 19.7 Å². The van der Waals surface area contributed by atoms with E-state index in [0.29, 0.717) is 22.7 Å². The predicted molar refractivity (Wildman–Crippen MR) is 76.6 cm³/mol. The van der Waals surface area contributed by atoms with E-state index in [4.69, 9.17) is 5.73 Å². The summed E-state index contributed by atoms with van der Waals surface area (Å²) in [5.74, 6) is 0.0872. The lowest BCUT2D eigenvalue weighted by atomic mass is 10.3. The van der Waals surface area contributed by atoms with E-state index in [1.807, 2.05) is 0 Å². The fourth-order valence-electron chi connectivity index (χ4n) is 1.89. The molecule has 0 unspecified atom stereocenters. The van der Waals surface area contributed by atoms with Gasteiger partial charge in [-0.2, -0.15) is 5.10 Å². The van der Waals surface area contributed by atoms with Gasteiger partial charge < -0.3 is 5.73 Å². The van der Waals surface area contributed by atoms with E-state index in [1.54, 1.807) is 17.9 Å². The quantitative estimate of drug-likeness (QED) is 0.753. The van der Waals surface area contributed by atoms with Gasteiger partial charge in [-0.25, -0.2) is 18.7 Å². The Morgan fingerprint density at radius 2 is 2.10 bits per heavy atom. The van der Waals surface area contributed by atoms with E-state index < -0.39 is 11.6 Å². The first-order valence-electron chi connectivity index (χ1n) is 6.06. The molecule has 0 aliphatic heterocycles. The first kappa shape index (κ1) is 13.7. The van der Waals surface area contributed by atoms with Crippen LogP contribution in [0.5, 0.6) is 0 Å². The molecule has 2 aromatic heterocycles. The molecule has 0 aliphatic rings. The maximum atomic E-state index is 13.6. The van der Waals surface area contributed by atoms with Crippen molar-refractivity contribution >= 4 is 28.6 Å². The van der Waals surface area contributed by atoms with Crippen molar-refractivity contribution in [2.24, 2.45) is 7.05 Å². The lowest BCUT2D eigenvalue weighted by Crippen LogP contribution is -2.01. The van der Waals surface area contributed by atoms with Crippen LogP contribution in [0.3, 0.4) is 0 Å². The first-order chi connectivity index (χ1) is 10.0. The summed E-state index contributed by atoms with van der Waals surface area (Å²) in [5.41, 5.74) is 6.45. The molecule has 21 heavy (non-hydrogen) atoms. The Kier molecular flexibility index (Phi) is 3.46. The predicted octanol–water partition coefficient (Wildman–Crippen LogP) is 2.52. The van der Waals surface area contributed by atoms with Crippen molar-refractivity contribution in [2.45, 2.75) is 10.6 Å². The van der Waals surface area contributed by atoms with Crippen LogP contribution in [-0.4, -0.2) is 19.7 Å². The summed E-state index contributed by atoms with van der Waals surface area (Å²) in [5, 5.41) is 4.73. The largest absolute Gasteiger partial charge is 0.383 e. The molecule has 0 amide bonds. The molecular weight excluding hydrogens is 296 g/mol. The van der Waals surface area contributed by atoms with E-state index >= 15 is 0 Å². The topological polar surface area (TPSA) is 69.6 Å². The molecule has 108 valence electrons. The number of thioether (sulfide) groups is 1. The van der Waals surface area contributed by atoms with Gasteiger partial charge in [-0.1, -0.05) is 0 Å². The van der Waals surface area contributed by atoms with Crippen molar-refractivity contribution in [3.63, 3.8) is 0 Å². The van der Waals surface area contributed by atoms with Gasteiger partial charge in [0.15, 0.2) is 5.65 Å². The van der Waals surface area contributed by atoms with Crippen LogP contribution >= 0.6 is 11.8 Å². The number of anilines is 1. The van der Waals surface area contributed by atoms with Crippen LogP contribution in [0.25, 0.3) is 11.0 Å². The third-order valence-corrected chi connectivity index (χ3v) is 3.94. The number of nitrogens with zero attached hydrogens (tertiary/aromatic N) is 4. The highest BCUT2D eigenvalue weighted by Crippen LogP contribution is 2.26. The maximum absolute atomic E-state index is 13.6. The average molecular weight is 307 g/mol. The smallest absolute Gasteiger partial charge is 0.163 e. The maximum Gasteiger partial charge on any atom is 0.163 e. The highest BCUT2D eigenvalue weighted by atomic mass is 32.2. The summed E-state index contributed by atoms with van der Waals surface area (Å²) in [6.07, 6.45) is 1.59. The summed E-state index contributed by atoms with van der Waals surface area (Å²) in [4.78, 5) is 8.70. The molecule has 3 rings (SSSR count). The number of aromatic nitrogens is 4. The average Bonchev–Trinajstić information content (AvgIpc) is 2.82.